The molecule has 0 fully saturated rings. The van der Waals surface area contributed by atoms with Crippen LogP contribution in [0.5, 0.6) is 0 Å². The van der Waals surface area contributed by atoms with E-state index in [9.17, 15) is 4.79 Å². The number of carboxylic acids is 1. The first kappa shape index (κ1) is 14.1. The Morgan fingerprint density at radius 3 is 2.47 bits per heavy atom. The molecule has 0 aliphatic heterocycles. The summed E-state index contributed by atoms with van der Waals surface area (Å²) in [6.07, 6.45) is 4.06. The summed E-state index contributed by atoms with van der Waals surface area (Å²) in [5.41, 5.74) is 1.34. The lowest BCUT2D eigenvalue weighted by Gasteiger charge is -2.08. The second-order valence-corrected chi connectivity index (χ2v) is 5.56. The van der Waals surface area contributed by atoms with Crippen molar-refractivity contribution in [2.75, 3.05) is 0 Å². The lowest BCUT2D eigenvalue weighted by molar-refractivity contribution is -0.137. The topological polar surface area (TPSA) is 37.3 Å². The second-order valence-electron chi connectivity index (χ2n) is 4.71. The fourth-order valence-corrected chi connectivity index (χ4v) is 2.79. The van der Waals surface area contributed by atoms with Crippen LogP contribution in [-0.2, 0) is 11.2 Å². The smallest absolute Gasteiger partial charge is 0.303 e. The van der Waals surface area contributed by atoms with Gasteiger partial charge in [0.1, 0.15) is 0 Å². The van der Waals surface area contributed by atoms with Crippen LogP contribution in [0.1, 0.15) is 31.2 Å². The molecule has 100 valence electrons. The summed E-state index contributed by atoms with van der Waals surface area (Å²) in [4.78, 5) is 10.4. The summed E-state index contributed by atoms with van der Waals surface area (Å²) < 4.78 is 1.12. The number of hydrogen-bond donors (Lipinski definition) is 1. The molecule has 0 atom stereocenters. The minimum absolute atomic E-state index is 0.279. The lowest BCUT2D eigenvalue weighted by atomic mass is 9.99. The molecule has 2 aromatic rings. The molecule has 0 radical (unpaired) electrons. The van der Waals surface area contributed by atoms with Crippen molar-refractivity contribution in [1.29, 1.82) is 0 Å². The normalized spacial score (nSPS) is 10.8. The minimum Gasteiger partial charge on any atom is -0.481 e. The molecule has 0 aliphatic rings. The zero-order valence-electron chi connectivity index (χ0n) is 10.7. The first-order valence-electron chi connectivity index (χ1n) is 6.56. The number of carbonyl (C=O) groups is 1. The first-order chi connectivity index (χ1) is 9.18. The van der Waals surface area contributed by atoms with Gasteiger partial charge < -0.3 is 5.11 Å². The standard InChI is InChI=1S/C16H17BrO2/c17-15-11-10-12(6-2-1-3-9-16(18)19)13-7-4-5-8-14(13)15/h4-5,7-8,10-11H,1-3,6,9H2,(H,18,19). The molecule has 0 heterocycles. The molecule has 19 heavy (non-hydrogen) atoms. The maximum Gasteiger partial charge on any atom is 0.303 e. The molecular weight excluding hydrogens is 304 g/mol. The van der Waals surface area contributed by atoms with Gasteiger partial charge in [-0.3, -0.25) is 4.79 Å². The van der Waals surface area contributed by atoms with Crippen molar-refractivity contribution < 1.29 is 9.90 Å². The Morgan fingerprint density at radius 2 is 1.74 bits per heavy atom. The van der Waals surface area contributed by atoms with Gasteiger partial charge >= 0.3 is 5.97 Å². The third-order valence-corrected chi connectivity index (χ3v) is 3.99. The van der Waals surface area contributed by atoms with Gasteiger partial charge in [0.05, 0.1) is 0 Å². The maximum absolute atomic E-state index is 10.4. The Balaban J connectivity index is 2.01. The van der Waals surface area contributed by atoms with E-state index in [-0.39, 0.29) is 6.42 Å². The summed E-state index contributed by atoms with van der Waals surface area (Å²) in [5.74, 6) is -0.700. The number of unbranched alkanes of at least 4 members (excludes halogenated alkanes) is 2. The highest BCUT2D eigenvalue weighted by Gasteiger charge is 2.04. The number of rotatable bonds is 6. The van der Waals surface area contributed by atoms with Crippen LogP contribution >= 0.6 is 15.9 Å². The number of benzene rings is 2. The van der Waals surface area contributed by atoms with Crippen LogP contribution in [0, 0.1) is 0 Å². The molecule has 1 N–H and O–H groups in total. The highest BCUT2D eigenvalue weighted by Crippen LogP contribution is 2.27. The number of aliphatic carboxylic acids is 1. The van der Waals surface area contributed by atoms with Gasteiger partial charge in [0.15, 0.2) is 0 Å². The minimum atomic E-state index is -0.700. The fraction of sp³-hybridized carbons (Fsp3) is 0.312. The molecule has 2 rings (SSSR count). The largest absolute Gasteiger partial charge is 0.481 e. The van der Waals surface area contributed by atoms with Gasteiger partial charge in [-0.05, 0) is 41.7 Å². The average molecular weight is 321 g/mol. The van der Waals surface area contributed by atoms with E-state index in [1.54, 1.807) is 0 Å². The molecule has 0 aliphatic carbocycles. The average Bonchev–Trinajstić information content (AvgIpc) is 2.41. The van der Waals surface area contributed by atoms with E-state index in [0.717, 1.165) is 30.2 Å². The lowest BCUT2D eigenvalue weighted by Crippen LogP contribution is -1.94. The molecule has 0 unspecified atom stereocenters. The molecule has 3 heteroatoms. The number of aryl methyl sites for hydroxylation is 1. The molecular formula is C16H17BrO2. The van der Waals surface area contributed by atoms with Crippen molar-refractivity contribution in [2.24, 2.45) is 0 Å². The predicted octanol–water partition coefficient (Wildman–Crippen LogP) is 4.79. The van der Waals surface area contributed by atoms with Gasteiger partial charge in [-0.2, -0.15) is 0 Å². The SMILES string of the molecule is O=C(O)CCCCCc1ccc(Br)c2ccccc12. The molecule has 2 nitrogen and oxygen atoms in total. The Hall–Kier alpha value is -1.35. The Labute approximate surface area is 121 Å². The second kappa shape index (κ2) is 6.71. The van der Waals surface area contributed by atoms with Crippen LogP contribution in [-0.4, -0.2) is 11.1 Å². The van der Waals surface area contributed by atoms with Gasteiger partial charge in [-0.1, -0.05) is 52.7 Å². The molecule has 0 saturated heterocycles. The van der Waals surface area contributed by atoms with Gasteiger partial charge in [-0.25, -0.2) is 0 Å². The van der Waals surface area contributed by atoms with E-state index in [1.165, 1.54) is 16.3 Å². The number of halogens is 1. The van der Waals surface area contributed by atoms with E-state index < -0.39 is 5.97 Å². The van der Waals surface area contributed by atoms with Gasteiger partial charge in [0.2, 0.25) is 0 Å². The van der Waals surface area contributed by atoms with Crippen LogP contribution in [0.15, 0.2) is 40.9 Å². The van der Waals surface area contributed by atoms with Crippen LogP contribution in [0.2, 0.25) is 0 Å². The van der Waals surface area contributed by atoms with Gasteiger partial charge in [-0.15, -0.1) is 0 Å². The van der Waals surface area contributed by atoms with Crippen LogP contribution in [0.3, 0.4) is 0 Å². The van der Waals surface area contributed by atoms with Crippen molar-refractivity contribution >= 4 is 32.7 Å². The quantitative estimate of drug-likeness (QED) is 0.777. The summed E-state index contributed by atoms with van der Waals surface area (Å²) in [6, 6.07) is 12.6. The summed E-state index contributed by atoms with van der Waals surface area (Å²) in [6.45, 7) is 0. The van der Waals surface area contributed by atoms with E-state index in [0.29, 0.717) is 0 Å². The molecule has 0 spiro atoms. The zero-order chi connectivity index (χ0) is 13.7. The highest BCUT2D eigenvalue weighted by molar-refractivity contribution is 9.10. The van der Waals surface area contributed by atoms with Crippen molar-refractivity contribution in [3.63, 3.8) is 0 Å². The summed E-state index contributed by atoms with van der Waals surface area (Å²) in [5, 5.41) is 11.1. The number of carboxylic acid groups (broad SMARTS) is 1. The molecule has 0 bridgehead atoms. The highest BCUT2D eigenvalue weighted by atomic mass is 79.9. The van der Waals surface area contributed by atoms with Crippen LogP contribution in [0.25, 0.3) is 10.8 Å². The van der Waals surface area contributed by atoms with Gasteiger partial charge in [0.25, 0.3) is 0 Å². The van der Waals surface area contributed by atoms with E-state index in [2.05, 4.69) is 46.3 Å². The third-order valence-electron chi connectivity index (χ3n) is 3.30. The van der Waals surface area contributed by atoms with E-state index in [4.69, 9.17) is 5.11 Å². The summed E-state index contributed by atoms with van der Waals surface area (Å²) in [7, 11) is 0. The molecule has 0 aromatic heterocycles. The molecule has 0 saturated carbocycles. The van der Waals surface area contributed by atoms with Crippen molar-refractivity contribution in [1.82, 2.24) is 0 Å². The fourth-order valence-electron chi connectivity index (χ4n) is 2.31. The first-order valence-corrected chi connectivity index (χ1v) is 7.35. The van der Waals surface area contributed by atoms with Crippen LogP contribution < -0.4 is 0 Å². The van der Waals surface area contributed by atoms with Gasteiger partial charge in [0, 0.05) is 10.9 Å². The zero-order valence-corrected chi connectivity index (χ0v) is 12.3. The summed E-state index contributed by atoms with van der Waals surface area (Å²) >= 11 is 3.57. The Bertz CT molecular complexity index is 578. The molecule has 2 aromatic carbocycles. The Kier molecular flexibility index (Phi) is 4.97. The monoisotopic (exact) mass is 320 g/mol. The van der Waals surface area contributed by atoms with Crippen LogP contribution in [0.4, 0.5) is 0 Å². The van der Waals surface area contributed by atoms with E-state index >= 15 is 0 Å². The number of hydrogen-bond acceptors (Lipinski definition) is 1. The Morgan fingerprint density at radius 1 is 1.00 bits per heavy atom. The third kappa shape index (κ3) is 3.80. The maximum atomic E-state index is 10.4. The van der Waals surface area contributed by atoms with E-state index in [1.807, 2.05) is 6.07 Å². The number of fused-ring (bicyclic) bond motifs is 1. The molecule has 0 amide bonds. The van der Waals surface area contributed by atoms with Crippen molar-refractivity contribution in [2.45, 2.75) is 32.1 Å². The predicted molar refractivity (Wildman–Crippen MR) is 81.5 cm³/mol. The van der Waals surface area contributed by atoms with Crippen molar-refractivity contribution in [3.05, 3.63) is 46.4 Å². The van der Waals surface area contributed by atoms with Crippen molar-refractivity contribution in [3.8, 4) is 0 Å².